The molecule has 0 unspecified atom stereocenters. The van der Waals surface area contributed by atoms with Crippen LogP contribution in [-0.4, -0.2) is 80.6 Å². The average Bonchev–Trinajstić information content (AvgIpc) is 3.33. The first-order valence-electron chi connectivity index (χ1n) is 13.4. The third-order valence-electron chi connectivity index (χ3n) is 7.02. The fraction of sp³-hybridized carbons (Fsp3) is 0.464. The molecule has 12 nitrogen and oxygen atoms in total. The van der Waals surface area contributed by atoms with E-state index in [4.69, 9.17) is 15.6 Å². The predicted molar refractivity (Wildman–Crippen MR) is 152 cm³/mol. The van der Waals surface area contributed by atoms with Crippen LogP contribution in [0.1, 0.15) is 43.5 Å². The SMILES string of the molecule is CCC(=O)N(c1ccccc1)C1(COC)CCN(CCn2nnn(CC)c2=O)CC1.Nc1ccc(C(=O)O)cc1. The predicted octanol–water partition coefficient (Wildman–Crippen LogP) is 2.35. The minimum Gasteiger partial charge on any atom is -0.478 e. The summed E-state index contributed by atoms with van der Waals surface area (Å²) in [5, 5.41) is 16.3. The van der Waals surface area contributed by atoms with E-state index in [0.29, 0.717) is 31.8 Å². The van der Waals surface area contributed by atoms with Gasteiger partial charge in [-0.3, -0.25) is 4.79 Å². The molecule has 0 bridgehead atoms. The number of carboxylic acid groups (broad SMARTS) is 1. The highest BCUT2D eigenvalue weighted by Crippen LogP contribution is 2.34. The zero-order valence-corrected chi connectivity index (χ0v) is 23.4. The normalized spacial score (nSPS) is 14.7. The van der Waals surface area contributed by atoms with E-state index in [-0.39, 0.29) is 22.7 Å². The summed E-state index contributed by atoms with van der Waals surface area (Å²) in [7, 11) is 1.69. The van der Waals surface area contributed by atoms with Gasteiger partial charge >= 0.3 is 11.7 Å². The largest absolute Gasteiger partial charge is 0.478 e. The summed E-state index contributed by atoms with van der Waals surface area (Å²) in [5.74, 6) is -0.825. The molecule has 40 heavy (non-hydrogen) atoms. The van der Waals surface area contributed by atoms with Gasteiger partial charge in [0, 0.05) is 51.1 Å². The molecular formula is C28H39N7O5. The van der Waals surface area contributed by atoms with E-state index < -0.39 is 5.97 Å². The fourth-order valence-corrected chi connectivity index (χ4v) is 4.82. The van der Waals surface area contributed by atoms with Crippen LogP contribution < -0.4 is 16.3 Å². The molecule has 1 fully saturated rings. The summed E-state index contributed by atoms with van der Waals surface area (Å²) in [5.41, 5.74) is 6.53. The van der Waals surface area contributed by atoms with Crippen molar-refractivity contribution in [3.05, 3.63) is 70.6 Å². The molecule has 216 valence electrons. The molecular weight excluding hydrogens is 514 g/mol. The average molecular weight is 554 g/mol. The number of rotatable bonds is 10. The highest BCUT2D eigenvalue weighted by molar-refractivity contribution is 5.94. The Balaban J connectivity index is 0.000000371. The second-order valence-corrected chi connectivity index (χ2v) is 9.64. The first kappa shape index (κ1) is 30.5. The molecule has 1 amide bonds. The molecule has 0 saturated carbocycles. The number of aromatic nitrogens is 4. The van der Waals surface area contributed by atoms with Crippen molar-refractivity contribution in [2.45, 2.75) is 51.7 Å². The molecule has 2 aromatic carbocycles. The van der Waals surface area contributed by atoms with Gasteiger partial charge in [0.25, 0.3) is 0 Å². The van der Waals surface area contributed by atoms with E-state index in [1.165, 1.54) is 21.5 Å². The lowest BCUT2D eigenvalue weighted by Crippen LogP contribution is -2.60. The Kier molecular flexibility index (Phi) is 11.0. The number of carboxylic acids is 1. The van der Waals surface area contributed by atoms with E-state index in [1.807, 2.05) is 49.1 Å². The molecule has 1 aliphatic rings. The van der Waals surface area contributed by atoms with Crippen molar-refractivity contribution < 1.29 is 19.4 Å². The quantitative estimate of drug-likeness (QED) is 0.361. The summed E-state index contributed by atoms with van der Waals surface area (Å²) < 4.78 is 8.37. The fourth-order valence-electron chi connectivity index (χ4n) is 4.82. The van der Waals surface area contributed by atoms with Gasteiger partial charge in [-0.1, -0.05) is 25.1 Å². The molecule has 1 aromatic heterocycles. The van der Waals surface area contributed by atoms with Crippen LogP contribution in [0.2, 0.25) is 0 Å². The van der Waals surface area contributed by atoms with Crippen molar-refractivity contribution in [1.82, 2.24) is 24.7 Å². The van der Waals surface area contributed by atoms with Crippen molar-refractivity contribution in [3.8, 4) is 0 Å². The van der Waals surface area contributed by atoms with Crippen LogP contribution in [0, 0.1) is 0 Å². The van der Waals surface area contributed by atoms with E-state index in [2.05, 4.69) is 15.3 Å². The topological polar surface area (TPSA) is 149 Å². The number of ether oxygens (including phenoxy) is 1. The first-order valence-corrected chi connectivity index (χ1v) is 13.4. The number of aromatic carboxylic acids is 1. The molecule has 1 saturated heterocycles. The lowest BCUT2D eigenvalue weighted by atomic mass is 9.85. The van der Waals surface area contributed by atoms with Crippen LogP contribution in [0.25, 0.3) is 0 Å². The monoisotopic (exact) mass is 553 g/mol. The number of nitrogens with zero attached hydrogens (tertiary/aromatic N) is 6. The Morgan fingerprint density at radius 3 is 2.15 bits per heavy atom. The number of benzene rings is 2. The molecule has 0 atom stereocenters. The van der Waals surface area contributed by atoms with Crippen molar-refractivity contribution in [2.24, 2.45) is 0 Å². The number of anilines is 2. The molecule has 0 aliphatic carbocycles. The number of amides is 1. The van der Waals surface area contributed by atoms with Crippen molar-refractivity contribution in [2.75, 3.05) is 44.0 Å². The molecule has 0 radical (unpaired) electrons. The highest BCUT2D eigenvalue weighted by atomic mass is 16.5. The number of tetrazole rings is 1. The molecule has 12 heteroatoms. The number of hydrogen-bond acceptors (Lipinski definition) is 8. The third-order valence-corrected chi connectivity index (χ3v) is 7.02. The number of methoxy groups -OCH3 is 1. The zero-order chi connectivity index (χ0) is 29.1. The van der Waals surface area contributed by atoms with Crippen molar-refractivity contribution in [3.63, 3.8) is 0 Å². The Bertz CT molecular complexity index is 1280. The number of nitrogens with two attached hydrogens (primary N) is 1. The Morgan fingerprint density at radius 1 is 1.00 bits per heavy atom. The van der Waals surface area contributed by atoms with Crippen molar-refractivity contribution >= 4 is 23.3 Å². The van der Waals surface area contributed by atoms with Gasteiger partial charge in [-0.05, 0) is 66.6 Å². The minimum atomic E-state index is -0.931. The second kappa shape index (κ2) is 14.4. The van der Waals surface area contributed by atoms with Gasteiger partial charge in [0.05, 0.1) is 24.3 Å². The number of aryl methyl sites for hydroxylation is 1. The third kappa shape index (κ3) is 7.54. The van der Waals surface area contributed by atoms with Gasteiger partial charge in [-0.15, -0.1) is 0 Å². The van der Waals surface area contributed by atoms with Crippen LogP contribution >= 0.6 is 0 Å². The van der Waals surface area contributed by atoms with Gasteiger partial charge in [0.15, 0.2) is 0 Å². The van der Waals surface area contributed by atoms with Crippen LogP contribution in [0.4, 0.5) is 11.4 Å². The summed E-state index contributed by atoms with van der Waals surface area (Å²) in [6.07, 6.45) is 2.05. The van der Waals surface area contributed by atoms with Gasteiger partial charge < -0.3 is 25.4 Å². The summed E-state index contributed by atoms with van der Waals surface area (Å²) >= 11 is 0. The number of piperidine rings is 1. The molecule has 1 aliphatic heterocycles. The van der Waals surface area contributed by atoms with Gasteiger partial charge in [-0.25, -0.2) is 9.59 Å². The number of para-hydroxylation sites is 1. The number of likely N-dealkylation sites (tertiary alicyclic amines) is 1. The summed E-state index contributed by atoms with van der Waals surface area (Å²) in [4.78, 5) is 39.6. The Hall–Kier alpha value is -4.03. The molecule has 4 rings (SSSR count). The summed E-state index contributed by atoms with van der Waals surface area (Å²) in [6.45, 7) is 7.64. The Morgan fingerprint density at radius 2 is 1.62 bits per heavy atom. The van der Waals surface area contributed by atoms with Crippen LogP contribution in [0.5, 0.6) is 0 Å². The maximum absolute atomic E-state index is 13.0. The Labute approximate surface area is 233 Å². The minimum absolute atomic E-state index is 0.106. The number of nitrogen functional groups attached to an aromatic ring is 1. The van der Waals surface area contributed by atoms with Crippen LogP contribution in [0.15, 0.2) is 59.4 Å². The van der Waals surface area contributed by atoms with Crippen LogP contribution in [0.3, 0.4) is 0 Å². The number of hydrogen-bond donors (Lipinski definition) is 2. The second-order valence-electron chi connectivity index (χ2n) is 9.64. The van der Waals surface area contributed by atoms with Gasteiger partial charge in [-0.2, -0.15) is 9.36 Å². The lowest BCUT2D eigenvalue weighted by molar-refractivity contribution is -0.120. The van der Waals surface area contributed by atoms with Gasteiger partial charge in [0.2, 0.25) is 5.91 Å². The van der Waals surface area contributed by atoms with E-state index >= 15 is 0 Å². The zero-order valence-electron chi connectivity index (χ0n) is 23.4. The standard InChI is InChI=1S/C21H32N6O3.C7H7NO2/c1-4-19(28)27(18-9-7-6-8-10-18)21(17-30-3)11-13-24(14-12-21)15-16-26-20(29)25(5-2)22-23-26;8-6-3-1-5(2-4-6)7(9)10/h6-10H,4-5,11-17H2,1-3H3;1-4H,8H2,(H,9,10). The number of carbonyl (C=O) groups is 2. The van der Waals surface area contributed by atoms with Crippen LogP contribution in [-0.2, 0) is 22.6 Å². The molecule has 3 aromatic rings. The van der Waals surface area contributed by atoms with Crippen molar-refractivity contribution in [1.29, 1.82) is 0 Å². The summed E-state index contributed by atoms with van der Waals surface area (Å²) in [6, 6.07) is 15.9. The van der Waals surface area contributed by atoms with Gasteiger partial charge in [0.1, 0.15) is 0 Å². The van der Waals surface area contributed by atoms with E-state index in [0.717, 1.165) is 38.2 Å². The van der Waals surface area contributed by atoms with E-state index in [9.17, 15) is 14.4 Å². The smallest absolute Gasteiger partial charge is 0.363 e. The maximum Gasteiger partial charge on any atom is 0.363 e. The van der Waals surface area contributed by atoms with E-state index in [1.54, 1.807) is 19.2 Å². The molecule has 0 spiro atoms. The number of carbonyl (C=O) groups excluding carboxylic acids is 1. The molecule has 3 N–H and O–H groups in total. The highest BCUT2D eigenvalue weighted by Gasteiger charge is 2.42. The lowest BCUT2D eigenvalue weighted by Gasteiger charge is -2.48. The maximum atomic E-state index is 13.0. The first-order chi connectivity index (χ1) is 19.2. The molecule has 2 heterocycles.